The fraction of sp³-hybridized carbons (Fsp3) is 0.269. The van der Waals surface area contributed by atoms with Gasteiger partial charge >= 0.3 is 0 Å². The van der Waals surface area contributed by atoms with E-state index >= 15 is 0 Å². The number of carbonyl (C=O) groups is 1. The third-order valence-corrected chi connectivity index (χ3v) is 7.08. The van der Waals surface area contributed by atoms with Crippen molar-refractivity contribution in [3.05, 3.63) is 95.6 Å². The van der Waals surface area contributed by atoms with Crippen LogP contribution in [0.3, 0.4) is 0 Å². The second-order valence-electron chi connectivity index (χ2n) is 8.42. The van der Waals surface area contributed by atoms with Crippen molar-refractivity contribution < 1.29 is 13.2 Å². The molecule has 1 amide bonds. The Bertz CT molecular complexity index is 1190. The first-order chi connectivity index (χ1) is 15.8. The molecule has 0 radical (unpaired) electrons. The quantitative estimate of drug-likeness (QED) is 0.556. The van der Waals surface area contributed by atoms with Crippen molar-refractivity contribution in [3.8, 4) is 0 Å². The lowest BCUT2D eigenvalue weighted by Gasteiger charge is -2.36. The van der Waals surface area contributed by atoms with E-state index in [9.17, 15) is 13.2 Å². The molecule has 0 unspecified atom stereocenters. The SMILES string of the molecule is Cc1ccc(CN(c2ccc(C(=O)N3CCN(c4ccccc4)CC3)cc2)S(C)(=O)=O)cc1. The Balaban J connectivity index is 1.44. The van der Waals surface area contributed by atoms with Gasteiger partial charge in [-0.05, 0) is 48.9 Å². The first-order valence-electron chi connectivity index (χ1n) is 11.0. The topological polar surface area (TPSA) is 60.9 Å². The van der Waals surface area contributed by atoms with Crippen molar-refractivity contribution in [2.45, 2.75) is 13.5 Å². The van der Waals surface area contributed by atoms with Crippen LogP contribution in [0.1, 0.15) is 21.5 Å². The highest BCUT2D eigenvalue weighted by Crippen LogP contribution is 2.23. The van der Waals surface area contributed by atoms with E-state index in [2.05, 4.69) is 17.0 Å². The number of hydrogen-bond donors (Lipinski definition) is 0. The molecule has 0 N–H and O–H groups in total. The van der Waals surface area contributed by atoms with E-state index in [0.29, 0.717) is 24.3 Å². The van der Waals surface area contributed by atoms with Crippen molar-refractivity contribution >= 4 is 27.3 Å². The molecular formula is C26H29N3O3S. The maximum absolute atomic E-state index is 13.0. The fourth-order valence-corrected chi connectivity index (χ4v) is 4.91. The maximum Gasteiger partial charge on any atom is 0.253 e. The predicted molar refractivity (Wildman–Crippen MR) is 133 cm³/mol. The van der Waals surface area contributed by atoms with Crippen LogP contribution in [-0.2, 0) is 16.6 Å². The molecule has 1 saturated heterocycles. The molecule has 3 aromatic rings. The van der Waals surface area contributed by atoms with E-state index in [-0.39, 0.29) is 12.5 Å². The van der Waals surface area contributed by atoms with Gasteiger partial charge in [-0.1, -0.05) is 48.0 Å². The van der Waals surface area contributed by atoms with Gasteiger partial charge in [-0.15, -0.1) is 0 Å². The van der Waals surface area contributed by atoms with Crippen LogP contribution >= 0.6 is 0 Å². The van der Waals surface area contributed by atoms with Gasteiger partial charge in [0.05, 0.1) is 18.5 Å². The van der Waals surface area contributed by atoms with Crippen LogP contribution in [-0.4, -0.2) is 51.7 Å². The molecule has 6 nitrogen and oxygen atoms in total. The number of hydrogen-bond acceptors (Lipinski definition) is 4. The monoisotopic (exact) mass is 463 g/mol. The summed E-state index contributed by atoms with van der Waals surface area (Å²) in [5, 5.41) is 0. The lowest BCUT2D eigenvalue weighted by Crippen LogP contribution is -2.48. The third-order valence-electron chi connectivity index (χ3n) is 5.94. The molecule has 0 bridgehead atoms. The van der Waals surface area contributed by atoms with Crippen molar-refractivity contribution in [1.29, 1.82) is 0 Å². The Labute approximate surface area is 196 Å². The van der Waals surface area contributed by atoms with Crippen molar-refractivity contribution in [3.63, 3.8) is 0 Å². The Morgan fingerprint density at radius 2 is 1.45 bits per heavy atom. The Hall–Kier alpha value is -3.32. The Morgan fingerprint density at radius 3 is 2.03 bits per heavy atom. The second-order valence-corrected chi connectivity index (χ2v) is 10.3. The minimum absolute atomic E-state index is 0.0290. The van der Waals surface area contributed by atoms with Crippen LogP contribution in [0.5, 0.6) is 0 Å². The number of carbonyl (C=O) groups excluding carboxylic acids is 1. The molecule has 1 aliphatic heterocycles. The lowest BCUT2D eigenvalue weighted by atomic mass is 10.1. The van der Waals surface area contributed by atoms with Gasteiger partial charge in [0.1, 0.15) is 0 Å². The number of benzene rings is 3. The highest BCUT2D eigenvalue weighted by Gasteiger charge is 2.23. The number of nitrogens with zero attached hydrogens (tertiary/aromatic N) is 3. The van der Waals surface area contributed by atoms with E-state index in [4.69, 9.17) is 0 Å². The summed E-state index contributed by atoms with van der Waals surface area (Å²) in [7, 11) is -3.48. The third kappa shape index (κ3) is 5.54. The molecular weight excluding hydrogens is 434 g/mol. The number of sulfonamides is 1. The summed E-state index contributed by atoms with van der Waals surface area (Å²) < 4.78 is 26.3. The largest absolute Gasteiger partial charge is 0.368 e. The van der Waals surface area contributed by atoms with Gasteiger partial charge in [-0.2, -0.15) is 0 Å². The minimum atomic E-state index is -3.48. The average molecular weight is 464 g/mol. The van der Waals surface area contributed by atoms with Crippen molar-refractivity contribution in [1.82, 2.24) is 4.90 Å². The highest BCUT2D eigenvalue weighted by molar-refractivity contribution is 7.92. The standard InChI is InChI=1S/C26H29N3O3S/c1-21-8-10-22(11-9-21)20-29(33(2,31)32)25-14-12-23(13-15-25)26(30)28-18-16-27(17-19-28)24-6-4-3-5-7-24/h3-15H,16-20H2,1-2H3. The summed E-state index contributed by atoms with van der Waals surface area (Å²) in [6.07, 6.45) is 1.20. The van der Waals surface area contributed by atoms with E-state index in [0.717, 1.165) is 24.2 Å². The molecule has 0 aliphatic carbocycles. The van der Waals surface area contributed by atoms with Crippen LogP contribution in [0.4, 0.5) is 11.4 Å². The van der Waals surface area contributed by atoms with Gasteiger partial charge in [-0.25, -0.2) is 8.42 Å². The van der Waals surface area contributed by atoms with Gasteiger partial charge in [0, 0.05) is 37.4 Å². The van der Waals surface area contributed by atoms with Crippen molar-refractivity contribution in [2.75, 3.05) is 41.6 Å². The molecule has 4 rings (SSSR count). The second kappa shape index (κ2) is 9.67. The van der Waals surface area contributed by atoms with Gasteiger partial charge in [0.15, 0.2) is 0 Å². The van der Waals surface area contributed by atoms with E-state index in [1.54, 1.807) is 24.3 Å². The first-order valence-corrected chi connectivity index (χ1v) is 12.9. The summed E-state index contributed by atoms with van der Waals surface area (Å²) in [6, 6.07) is 24.9. The van der Waals surface area contributed by atoms with E-state index in [1.807, 2.05) is 54.3 Å². The van der Waals surface area contributed by atoms with Crippen LogP contribution in [0, 0.1) is 6.92 Å². The fourth-order valence-electron chi connectivity index (χ4n) is 4.02. The Kier molecular flexibility index (Phi) is 6.70. The van der Waals surface area contributed by atoms with Gasteiger partial charge in [-0.3, -0.25) is 9.10 Å². The molecule has 1 fully saturated rings. The van der Waals surface area contributed by atoms with Gasteiger partial charge < -0.3 is 9.80 Å². The summed E-state index contributed by atoms with van der Waals surface area (Å²) in [5.41, 5.74) is 4.31. The molecule has 1 heterocycles. The van der Waals surface area contributed by atoms with Crippen molar-refractivity contribution in [2.24, 2.45) is 0 Å². The lowest BCUT2D eigenvalue weighted by molar-refractivity contribution is 0.0747. The zero-order valence-electron chi connectivity index (χ0n) is 19.0. The normalized spacial score (nSPS) is 14.2. The van der Waals surface area contributed by atoms with Crippen LogP contribution in [0.2, 0.25) is 0 Å². The molecule has 0 atom stereocenters. The first kappa shape index (κ1) is 22.9. The van der Waals surface area contributed by atoms with Gasteiger partial charge in [0.2, 0.25) is 10.0 Å². The summed E-state index contributed by atoms with van der Waals surface area (Å²) in [5.74, 6) is -0.0290. The number of piperazine rings is 1. The zero-order valence-corrected chi connectivity index (χ0v) is 19.8. The maximum atomic E-state index is 13.0. The summed E-state index contributed by atoms with van der Waals surface area (Å²) >= 11 is 0. The van der Waals surface area contributed by atoms with E-state index in [1.165, 1.54) is 16.2 Å². The molecule has 1 aliphatic rings. The van der Waals surface area contributed by atoms with Crippen LogP contribution in [0.15, 0.2) is 78.9 Å². The molecule has 0 saturated carbocycles. The number of anilines is 2. The van der Waals surface area contributed by atoms with E-state index < -0.39 is 10.0 Å². The van der Waals surface area contributed by atoms with Crippen LogP contribution < -0.4 is 9.21 Å². The zero-order chi connectivity index (χ0) is 23.4. The number of aryl methyl sites for hydroxylation is 1. The summed E-state index contributed by atoms with van der Waals surface area (Å²) in [4.78, 5) is 17.2. The minimum Gasteiger partial charge on any atom is -0.368 e. The summed E-state index contributed by atoms with van der Waals surface area (Å²) in [6.45, 7) is 5.11. The number of amides is 1. The molecule has 0 aromatic heterocycles. The number of rotatable bonds is 6. The predicted octanol–water partition coefficient (Wildman–Crippen LogP) is 3.92. The smallest absolute Gasteiger partial charge is 0.253 e. The Morgan fingerprint density at radius 1 is 0.848 bits per heavy atom. The molecule has 33 heavy (non-hydrogen) atoms. The molecule has 3 aromatic carbocycles. The number of para-hydroxylation sites is 1. The highest BCUT2D eigenvalue weighted by atomic mass is 32.2. The molecule has 172 valence electrons. The van der Waals surface area contributed by atoms with Crippen LogP contribution in [0.25, 0.3) is 0 Å². The average Bonchev–Trinajstić information content (AvgIpc) is 2.83. The molecule has 7 heteroatoms. The van der Waals surface area contributed by atoms with Gasteiger partial charge in [0.25, 0.3) is 5.91 Å². The molecule has 0 spiro atoms.